The fraction of sp³-hybridized carbons (Fsp3) is 0.129. The Balaban J connectivity index is 1.54. The molecule has 0 radical (unpaired) electrons. The lowest BCUT2D eigenvalue weighted by molar-refractivity contribution is -0.133. The van der Waals surface area contributed by atoms with Gasteiger partial charge in [-0.05, 0) is 41.0 Å². The van der Waals surface area contributed by atoms with Gasteiger partial charge in [0.25, 0.3) is 0 Å². The summed E-state index contributed by atoms with van der Waals surface area (Å²) in [5.41, 5.74) is 2.36. The number of benzene rings is 3. The predicted octanol–water partition coefficient (Wildman–Crippen LogP) is 7.18. The van der Waals surface area contributed by atoms with Crippen LogP contribution in [-0.2, 0) is 21.5 Å². The number of carbonyl (C=O) groups is 2. The molecule has 1 unspecified atom stereocenters. The Bertz CT molecular complexity index is 1630. The van der Waals surface area contributed by atoms with E-state index >= 15 is 0 Å². The lowest BCUT2D eigenvalue weighted by Crippen LogP contribution is -2.44. The van der Waals surface area contributed by atoms with Crippen molar-refractivity contribution in [1.29, 1.82) is 0 Å². The number of hydrogen-bond donors (Lipinski definition) is 2. The minimum Gasteiger partial charge on any atom is -0.497 e. The van der Waals surface area contributed by atoms with Crippen molar-refractivity contribution in [2.24, 2.45) is 0 Å². The molecule has 5 rings (SSSR count). The SMILES string of the molecule is COc1ccc(CNC(=O)C2(c3nc(-c4ccc(Cl)c(Cl)c4)cs3)C=CC(c3ccccc3)=C(C(=O)O)C2)cc1. The van der Waals surface area contributed by atoms with Crippen LogP contribution in [0.3, 0.4) is 0 Å². The maximum atomic E-state index is 14.0. The first kappa shape index (κ1) is 27.6. The second kappa shape index (κ2) is 11.7. The van der Waals surface area contributed by atoms with Gasteiger partial charge >= 0.3 is 5.97 Å². The maximum absolute atomic E-state index is 14.0. The van der Waals surface area contributed by atoms with E-state index in [1.54, 1.807) is 37.5 Å². The summed E-state index contributed by atoms with van der Waals surface area (Å²) < 4.78 is 5.22. The van der Waals surface area contributed by atoms with Crippen molar-refractivity contribution in [2.75, 3.05) is 7.11 Å². The van der Waals surface area contributed by atoms with Crippen molar-refractivity contribution in [3.63, 3.8) is 0 Å². The van der Waals surface area contributed by atoms with Crippen LogP contribution >= 0.6 is 34.5 Å². The maximum Gasteiger partial charge on any atom is 0.332 e. The molecular formula is C31H24Cl2N2O4S. The van der Waals surface area contributed by atoms with Gasteiger partial charge in [-0.2, -0.15) is 0 Å². The van der Waals surface area contributed by atoms with Crippen LogP contribution in [0.2, 0.25) is 10.0 Å². The van der Waals surface area contributed by atoms with Gasteiger partial charge in [0.1, 0.15) is 16.2 Å². The monoisotopic (exact) mass is 590 g/mol. The van der Waals surface area contributed by atoms with E-state index in [4.69, 9.17) is 32.9 Å². The number of rotatable bonds is 8. The molecule has 1 amide bonds. The van der Waals surface area contributed by atoms with Crippen molar-refractivity contribution < 1.29 is 19.4 Å². The number of amides is 1. The molecule has 0 saturated heterocycles. The zero-order valence-electron chi connectivity index (χ0n) is 21.4. The Labute approximate surface area is 245 Å². The Kier molecular flexibility index (Phi) is 8.07. The van der Waals surface area contributed by atoms with Crippen LogP contribution in [0.25, 0.3) is 16.8 Å². The molecule has 2 N–H and O–H groups in total. The molecule has 1 atom stereocenters. The zero-order valence-corrected chi connectivity index (χ0v) is 23.7. The normalized spacial score (nSPS) is 16.6. The summed E-state index contributed by atoms with van der Waals surface area (Å²) in [7, 11) is 1.59. The topological polar surface area (TPSA) is 88.5 Å². The third-order valence-electron chi connectivity index (χ3n) is 6.78. The highest BCUT2D eigenvalue weighted by Crippen LogP contribution is 2.43. The van der Waals surface area contributed by atoms with E-state index in [1.165, 1.54) is 11.3 Å². The van der Waals surface area contributed by atoms with Gasteiger partial charge < -0.3 is 15.2 Å². The number of aromatic nitrogens is 1. The first-order valence-corrected chi connectivity index (χ1v) is 14.0. The van der Waals surface area contributed by atoms with E-state index in [9.17, 15) is 14.7 Å². The number of aliphatic carboxylic acids is 1. The fourth-order valence-corrected chi connectivity index (χ4v) is 5.89. The Morgan fingerprint density at radius 3 is 2.45 bits per heavy atom. The Hall–Kier alpha value is -3.91. The summed E-state index contributed by atoms with van der Waals surface area (Å²) in [6, 6.07) is 21.8. The summed E-state index contributed by atoms with van der Waals surface area (Å²) in [5.74, 6) is -0.721. The van der Waals surface area contributed by atoms with Gasteiger partial charge in [-0.15, -0.1) is 11.3 Å². The van der Waals surface area contributed by atoms with Crippen molar-refractivity contribution in [2.45, 2.75) is 18.4 Å². The van der Waals surface area contributed by atoms with E-state index in [-0.39, 0.29) is 24.4 Å². The number of thiazole rings is 1. The number of nitrogens with one attached hydrogen (secondary N) is 1. The number of carboxylic acids is 1. The third-order valence-corrected chi connectivity index (χ3v) is 8.54. The highest BCUT2D eigenvalue weighted by molar-refractivity contribution is 7.10. The lowest BCUT2D eigenvalue weighted by Gasteiger charge is -2.31. The van der Waals surface area contributed by atoms with E-state index in [0.29, 0.717) is 32.1 Å². The molecule has 0 saturated carbocycles. The number of methoxy groups -OCH3 is 1. The van der Waals surface area contributed by atoms with Gasteiger partial charge in [0, 0.05) is 29.5 Å². The standard InChI is InChI=1S/C31H24Cl2N2O4S/c1-39-22-10-7-19(8-11-22)17-34-29(38)31(30-35-27(18-40-30)21-9-12-25(32)26(33)15-21)14-13-23(24(16-31)28(36)37)20-5-3-2-4-6-20/h2-15,18H,16-17H2,1H3,(H,34,38)(H,36,37). The van der Waals surface area contributed by atoms with E-state index in [0.717, 1.165) is 16.7 Å². The molecule has 40 heavy (non-hydrogen) atoms. The van der Waals surface area contributed by atoms with Gasteiger partial charge in [0.2, 0.25) is 5.91 Å². The van der Waals surface area contributed by atoms with Crippen LogP contribution in [0, 0.1) is 0 Å². The smallest absolute Gasteiger partial charge is 0.332 e. The van der Waals surface area contributed by atoms with Crippen molar-refractivity contribution in [3.05, 3.63) is 122 Å². The molecule has 3 aromatic carbocycles. The minimum absolute atomic E-state index is 0.0637. The molecule has 0 aliphatic heterocycles. The lowest BCUT2D eigenvalue weighted by atomic mass is 9.74. The summed E-state index contributed by atoms with van der Waals surface area (Å²) >= 11 is 13.6. The average Bonchev–Trinajstić information content (AvgIpc) is 3.48. The van der Waals surface area contributed by atoms with Crippen LogP contribution in [0.5, 0.6) is 5.75 Å². The molecule has 1 heterocycles. The summed E-state index contributed by atoms with van der Waals surface area (Å²) in [6.45, 7) is 0.251. The second-order valence-corrected chi connectivity index (χ2v) is 10.9. The van der Waals surface area contributed by atoms with Crippen molar-refractivity contribution in [3.8, 4) is 17.0 Å². The largest absolute Gasteiger partial charge is 0.497 e. The molecule has 1 aliphatic rings. The van der Waals surface area contributed by atoms with Gasteiger partial charge in [-0.25, -0.2) is 9.78 Å². The van der Waals surface area contributed by atoms with Crippen molar-refractivity contribution in [1.82, 2.24) is 10.3 Å². The molecule has 0 fully saturated rings. The zero-order chi connectivity index (χ0) is 28.3. The van der Waals surface area contributed by atoms with E-state index in [2.05, 4.69) is 5.32 Å². The number of halogens is 2. The molecule has 0 spiro atoms. The summed E-state index contributed by atoms with van der Waals surface area (Å²) in [6.07, 6.45) is 3.42. The number of allylic oxidation sites excluding steroid dienone is 2. The molecule has 1 aromatic heterocycles. The quantitative estimate of drug-likeness (QED) is 0.227. The van der Waals surface area contributed by atoms with E-state index < -0.39 is 11.4 Å². The highest BCUT2D eigenvalue weighted by atomic mass is 35.5. The number of carboxylic acid groups (broad SMARTS) is 1. The van der Waals surface area contributed by atoms with Gasteiger partial charge in [0.05, 0.1) is 22.8 Å². The van der Waals surface area contributed by atoms with Gasteiger partial charge in [-0.1, -0.05) is 83.9 Å². The molecule has 9 heteroatoms. The molecule has 4 aromatic rings. The number of ether oxygens (including phenoxy) is 1. The molecule has 1 aliphatic carbocycles. The van der Waals surface area contributed by atoms with Gasteiger partial charge in [0.15, 0.2) is 0 Å². The van der Waals surface area contributed by atoms with Crippen molar-refractivity contribution >= 4 is 52.0 Å². The minimum atomic E-state index is -1.34. The first-order valence-electron chi connectivity index (χ1n) is 12.3. The summed E-state index contributed by atoms with van der Waals surface area (Å²) in [5, 5.41) is 16.4. The van der Waals surface area contributed by atoms with Crippen LogP contribution in [-0.4, -0.2) is 29.1 Å². The third kappa shape index (κ3) is 5.54. The second-order valence-electron chi connectivity index (χ2n) is 9.24. The average molecular weight is 592 g/mol. The highest BCUT2D eigenvalue weighted by Gasteiger charge is 2.45. The predicted molar refractivity (Wildman–Crippen MR) is 159 cm³/mol. The number of carbonyl (C=O) groups excluding carboxylic acids is 1. The van der Waals surface area contributed by atoms with Crippen LogP contribution in [0.4, 0.5) is 0 Å². The fourth-order valence-electron chi connectivity index (χ4n) is 4.59. The van der Waals surface area contributed by atoms with Crippen LogP contribution < -0.4 is 10.1 Å². The molecule has 6 nitrogen and oxygen atoms in total. The number of hydrogen-bond acceptors (Lipinski definition) is 5. The Morgan fingerprint density at radius 2 is 1.77 bits per heavy atom. The van der Waals surface area contributed by atoms with Crippen LogP contribution in [0.1, 0.15) is 22.6 Å². The van der Waals surface area contributed by atoms with E-state index in [1.807, 2.05) is 60.0 Å². The molecule has 202 valence electrons. The Morgan fingerprint density at radius 1 is 1.02 bits per heavy atom. The number of nitrogens with zero attached hydrogens (tertiary/aromatic N) is 1. The van der Waals surface area contributed by atoms with Gasteiger partial charge in [-0.3, -0.25) is 4.79 Å². The molecule has 0 bridgehead atoms. The van der Waals surface area contributed by atoms with Crippen LogP contribution in [0.15, 0.2) is 95.9 Å². The summed E-state index contributed by atoms with van der Waals surface area (Å²) in [4.78, 5) is 31.3. The first-order chi connectivity index (χ1) is 19.3. The molecular weight excluding hydrogens is 567 g/mol.